The van der Waals surface area contributed by atoms with Gasteiger partial charge in [-0.3, -0.25) is 0 Å². The smallest absolute Gasteiger partial charge is 0.162 e. The highest BCUT2D eigenvalue weighted by Crippen LogP contribution is 1.97. The summed E-state index contributed by atoms with van der Waals surface area (Å²) in [6.07, 6.45) is 1.27. The largest absolute Gasteiger partial charge is 0.491 e. The average molecular weight is 149 g/mol. The molecule has 46 valence electrons. The van der Waals surface area contributed by atoms with Crippen molar-refractivity contribution in [3.63, 3.8) is 0 Å². The zero-order valence-corrected chi connectivity index (χ0v) is 7.37. The average Bonchev–Trinajstić information content (AvgIpc) is 1.69. The molecular formula is C4H11AlO2P+. The van der Waals surface area contributed by atoms with Crippen LogP contribution in [0.15, 0.2) is 0 Å². The van der Waals surface area contributed by atoms with Crippen LogP contribution >= 0.6 is 8.69 Å². The summed E-state index contributed by atoms with van der Waals surface area (Å²) in [5.41, 5.74) is 0. The van der Waals surface area contributed by atoms with E-state index in [0.29, 0.717) is 0 Å². The van der Waals surface area contributed by atoms with Gasteiger partial charge >= 0.3 is 8.69 Å². The van der Waals surface area contributed by atoms with E-state index in [1.165, 1.54) is 6.42 Å². The maximum absolute atomic E-state index is 8.51. The molecule has 0 rings (SSSR count). The Kier molecular flexibility index (Phi) is 15.0. The number of rotatable bonds is 1. The fourth-order valence-corrected chi connectivity index (χ4v) is 0. The Bertz CT molecular complexity index is 49.3. The van der Waals surface area contributed by atoms with Gasteiger partial charge in [0.2, 0.25) is 0 Å². The minimum Gasteiger partial charge on any atom is -0.162 e. The molecule has 0 bridgehead atoms. The highest BCUT2D eigenvalue weighted by Gasteiger charge is 1.79. The van der Waals surface area contributed by atoms with Gasteiger partial charge in [0.15, 0.2) is 0 Å². The molecule has 1 N–H and O–H groups in total. The van der Waals surface area contributed by atoms with Crippen molar-refractivity contribution >= 4 is 25.0 Å². The van der Waals surface area contributed by atoms with Crippen LogP contribution in [0.2, 0.25) is 4.78 Å². The van der Waals surface area contributed by atoms with Gasteiger partial charge in [0, 0.05) is 0 Å². The summed E-state index contributed by atoms with van der Waals surface area (Å²) >= 11 is 2.73. The van der Waals surface area contributed by atoms with Crippen molar-refractivity contribution in [2.75, 3.05) is 0 Å². The second kappa shape index (κ2) is 10.6. The highest BCUT2D eigenvalue weighted by molar-refractivity contribution is 7.16. The van der Waals surface area contributed by atoms with E-state index in [9.17, 15) is 0 Å². The van der Waals surface area contributed by atoms with E-state index in [1.54, 1.807) is 0 Å². The van der Waals surface area contributed by atoms with E-state index in [-0.39, 0.29) is 0 Å². The Morgan fingerprint density at radius 1 is 1.88 bits per heavy atom. The molecule has 0 aliphatic carbocycles. The first kappa shape index (κ1) is 11.4. The molecule has 0 saturated carbocycles. The third kappa shape index (κ3) is 30.7. The molecule has 0 saturated heterocycles. The van der Waals surface area contributed by atoms with Gasteiger partial charge in [-0.1, -0.05) is 20.3 Å². The standard InChI is InChI=1S/C4H9.Al.HO2P/c1-3-4-2;;1-3-2/h3H,4H2,1-2H3;;3H/p+1. The van der Waals surface area contributed by atoms with Crippen molar-refractivity contribution in [2.45, 2.75) is 25.0 Å². The van der Waals surface area contributed by atoms with E-state index in [4.69, 9.17) is 9.46 Å². The van der Waals surface area contributed by atoms with Crippen LogP contribution in [-0.4, -0.2) is 21.2 Å². The van der Waals surface area contributed by atoms with Crippen LogP contribution < -0.4 is 0 Å². The van der Waals surface area contributed by atoms with Gasteiger partial charge in [0.25, 0.3) is 0 Å². The van der Waals surface area contributed by atoms with Crippen molar-refractivity contribution in [1.82, 2.24) is 0 Å². The van der Waals surface area contributed by atoms with E-state index < -0.39 is 8.69 Å². The van der Waals surface area contributed by atoms with Crippen molar-refractivity contribution in [2.24, 2.45) is 0 Å². The molecule has 0 aromatic rings. The summed E-state index contributed by atoms with van der Waals surface area (Å²) in [5, 5.41) is 0. The molecule has 4 heteroatoms. The lowest BCUT2D eigenvalue weighted by Crippen LogP contribution is -1.76. The van der Waals surface area contributed by atoms with Gasteiger partial charge in [-0.25, -0.2) is 0 Å². The van der Waals surface area contributed by atoms with Crippen LogP contribution in [-0.2, 0) is 4.57 Å². The van der Waals surface area contributed by atoms with E-state index in [0.717, 1.165) is 4.78 Å². The lowest BCUT2D eigenvalue weighted by atomic mass is 10.4. The topological polar surface area (TPSA) is 37.3 Å². The van der Waals surface area contributed by atoms with Crippen molar-refractivity contribution in [3.8, 4) is 0 Å². The van der Waals surface area contributed by atoms with Gasteiger partial charge < -0.3 is 0 Å². The lowest BCUT2D eigenvalue weighted by Gasteiger charge is -1.91. The lowest BCUT2D eigenvalue weighted by molar-refractivity contribution is 0.524. The second-order valence-corrected chi connectivity index (χ2v) is 2.80. The molecule has 0 amide bonds. The van der Waals surface area contributed by atoms with Crippen LogP contribution in [0.3, 0.4) is 0 Å². The minimum absolute atomic E-state index is 0.801. The molecule has 0 heterocycles. The zero-order chi connectivity index (χ0) is 6.99. The van der Waals surface area contributed by atoms with Crippen LogP contribution in [0.5, 0.6) is 0 Å². The first-order valence-electron chi connectivity index (χ1n) is 2.45. The van der Waals surface area contributed by atoms with Crippen molar-refractivity contribution < 1.29 is 9.46 Å². The maximum Gasteiger partial charge on any atom is 0.491 e. The summed E-state index contributed by atoms with van der Waals surface area (Å²) in [4.78, 5) is 7.04. The Labute approximate surface area is 60.0 Å². The first-order chi connectivity index (χ1) is 3.68. The molecular weight excluding hydrogens is 138 g/mol. The zero-order valence-electron chi connectivity index (χ0n) is 5.22. The molecule has 2 atom stereocenters. The monoisotopic (exact) mass is 149 g/mol. The normalized spacial score (nSPS) is 11.9. The molecule has 0 spiro atoms. The van der Waals surface area contributed by atoms with Crippen LogP contribution in [0.25, 0.3) is 0 Å². The maximum atomic E-state index is 8.51. The molecule has 0 aromatic carbocycles. The SMILES string of the molecule is CC[CH](C)[Al].O=[PH+]O. The van der Waals surface area contributed by atoms with Crippen LogP contribution in [0.1, 0.15) is 20.3 Å². The Hall–Kier alpha value is 0.592. The van der Waals surface area contributed by atoms with Gasteiger partial charge in [0.1, 0.15) is 16.3 Å². The summed E-state index contributed by atoms with van der Waals surface area (Å²) < 4.78 is 9.31. The third-order valence-electron chi connectivity index (χ3n) is 0.644. The van der Waals surface area contributed by atoms with E-state index in [1.807, 2.05) is 0 Å². The molecule has 2 unspecified atom stereocenters. The Morgan fingerprint density at radius 3 is 2.00 bits per heavy atom. The Balaban J connectivity index is 0. The fraction of sp³-hybridized carbons (Fsp3) is 1.00. The van der Waals surface area contributed by atoms with Gasteiger partial charge in [-0.05, 0) is 4.57 Å². The van der Waals surface area contributed by atoms with Gasteiger partial charge in [-0.15, -0.1) is 4.78 Å². The summed E-state index contributed by atoms with van der Waals surface area (Å²) in [5.74, 6) is 0. The number of hydrogen-bond donors (Lipinski definition) is 1. The Morgan fingerprint density at radius 2 is 2.00 bits per heavy atom. The summed E-state index contributed by atoms with van der Waals surface area (Å²) in [6.45, 7) is 4.36. The van der Waals surface area contributed by atoms with Crippen LogP contribution in [0.4, 0.5) is 0 Å². The van der Waals surface area contributed by atoms with Crippen molar-refractivity contribution in [3.05, 3.63) is 0 Å². The quantitative estimate of drug-likeness (QED) is 0.450. The van der Waals surface area contributed by atoms with Gasteiger partial charge in [-0.2, -0.15) is 4.89 Å². The third-order valence-corrected chi connectivity index (χ3v) is 1.12. The predicted octanol–water partition coefficient (Wildman–Crippen LogP) is 1.29. The first-order valence-corrected chi connectivity index (χ1v) is 3.98. The van der Waals surface area contributed by atoms with E-state index in [2.05, 4.69) is 30.1 Å². The van der Waals surface area contributed by atoms with E-state index >= 15 is 0 Å². The number of hydrogen-bond acceptors (Lipinski definition) is 1. The summed E-state index contributed by atoms with van der Waals surface area (Å²) in [7, 11) is -1.17. The molecule has 0 aliphatic rings. The fourth-order valence-electron chi connectivity index (χ4n) is 0. The molecule has 8 heavy (non-hydrogen) atoms. The molecule has 0 aromatic heterocycles. The second-order valence-electron chi connectivity index (χ2n) is 1.48. The molecule has 0 fully saturated rings. The van der Waals surface area contributed by atoms with Crippen LogP contribution in [0, 0.1) is 0 Å². The van der Waals surface area contributed by atoms with Crippen molar-refractivity contribution in [1.29, 1.82) is 0 Å². The van der Waals surface area contributed by atoms with Gasteiger partial charge in [0.05, 0.1) is 0 Å². The molecule has 0 aliphatic heterocycles. The molecule has 2 nitrogen and oxygen atoms in total. The minimum atomic E-state index is -1.17. The summed E-state index contributed by atoms with van der Waals surface area (Å²) in [6, 6.07) is 0. The predicted molar refractivity (Wildman–Crippen MR) is 36.7 cm³/mol. The highest BCUT2D eigenvalue weighted by atomic mass is 31.1. The molecule has 2 radical (unpaired) electrons.